The van der Waals surface area contributed by atoms with Gasteiger partial charge in [-0.25, -0.2) is 4.79 Å². The van der Waals surface area contributed by atoms with Crippen molar-refractivity contribution in [3.05, 3.63) is 35.0 Å². The molecule has 1 fully saturated rings. The summed E-state index contributed by atoms with van der Waals surface area (Å²) >= 11 is 6.32. The van der Waals surface area contributed by atoms with Gasteiger partial charge in [0, 0.05) is 12.4 Å². The quantitative estimate of drug-likeness (QED) is 0.482. The predicted octanol–water partition coefficient (Wildman–Crippen LogP) is 1.84. The van der Waals surface area contributed by atoms with Gasteiger partial charge < -0.3 is 4.74 Å². The Bertz CT molecular complexity index is 587. The minimum absolute atomic E-state index is 0.290. The SMILES string of the molecule is COC(=O)[C@H](C)N1C(=O)/C(=C/c2cccnc2)SC1=S. The van der Waals surface area contributed by atoms with Crippen LogP contribution in [0.5, 0.6) is 0 Å². The molecule has 20 heavy (non-hydrogen) atoms. The van der Waals surface area contributed by atoms with E-state index in [0.29, 0.717) is 9.23 Å². The summed E-state index contributed by atoms with van der Waals surface area (Å²) in [6.07, 6.45) is 5.01. The Labute approximate surface area is 126 Å². The van der Waals surface area contributed by atoms with Crippen LogP contribution in [0.4, 0.5) is 0 Å². The zero-order valence-electron chi connectivity index (χ0n) is 10.9. The highest BCUT2D eigenvalue weighted by Gasteiger charge is 2.38. The molecule has 0 bridgehead atoms. The lowest BCUT2D eigenvalue weighted by molar-refractivity contribution is -0.147. The molecule has 1 amide bonds. The molecule has 5 nitrogen and oxygen atoms in total. The first-order valence-electron chi connectivity index (χ1n) is 5.79. The number of ether oxygens (including phenoxy) is 1. The van der Waals surface area contributed by atoms with Crippen LogP contribution in [0.1, 0.15) is 12.5 Å². The lowest BCUT2D eigenvalue weighted by atomic mass is 10.2. The van der Waals surface area contributed by atoms with Crippen LogP contribution in [0.15, 0.2) is 29.4 Å². The third-order valence-electron chi connectivity index (χ3n) is 2.74. The molecule has 2 rings (SSSR count). The van der Waals surface area contributed by atoms with Gasteiger partial charge in [-0.05, 0) is 24.6 Å². The number of carbonyl (C=O) groups excluding carboxylic acids is 2. The van der Waals surface area contributed by atoms with E-state index in [2.05, 4.69) is 9.72 Å². The van der Waals surface area contributed by atoms with Crippen molar-refractivity contribution < 1.29 is 14.3 Å². The van der Waals surface area contributed by atoms with Crippen LogP contribution in [0, 0.1) is 0 Å². The Morgan fingerprint density at radius 3 is 2.95 bits per heavy atom. The Kier molecular flexibility index (Phi) is 4.51. The normalized spacial score (nSPS) is 18.5. The van der Waals surface area contributed by atoms with Gasteiger partial charge in [0.2, 0.25) is 0 Å². The summed E-state index contributed by atoms with van der Waals surface area (Å²) in [5.41, 5.74) is 0.804. The number of amides is 1. The molecule has 0 N–H and O–H groups in total. The molecule has 0 spiro atoms. The molecule has 0 aliphatic carbocycles. The van der Waals surface area contributed by atoms with E-state index in [1.807, 2.05) is 6.07 Å². The second-order valence-electron chi connectivity index (χ2n) is 4.04. The summed E-state index contributed by atoms with van der Waals surface area (Å²) in [5, 5.41) is 0. The second kappa shape index (κ2) is 6.15. The number of hydrogen-bond donors (Lipinski definition) is 0. The molecule has 1 aliphatic heterocycles. The molecule has 1 saturated heterocycles. The lowest BCUT2D eigenvalue weighted by Gasteiger charge is -2.20. The van der Waals surface area contributed by atoms with E-state index in [9.17, 15) is 9.59 Å². The molecular formula is C13H12N2O3S2. The number of methoxy groups -OCH3 is 1. The number of rotatable bonds is 3. The van der Waals surface area contributed by atoms with E-state index in [0.717, 1.165) is 5.56 Å². The number of thioether (sulfide) groups is 1. The Balaban J connectivity index is 2.25. The molecule has 0 saturated carbocycles. The van der Waals surface area contributed by atoms with E-state index in [1.165, 1.54) is 23.8 Å². The summed E-state index contributed by atoms with van der Waals surface area (Å²) < 4.78 is 4.99. The van der Waals surface area contributed by atoms with Crippen molar-refractivity contribution >= 4 is 46.3 Å². The number of thiocarbonyl (C=S) groups is 1. The van der Waals surface area contributed by atoms with Gasteiger partial charge >= 0.3 is 5.97 Å². The van der Waals surface area contributed by atoms with Crippen LogP contribution in [-0.2, 0) is 14.3 Å². The average Bonchev–Trinajstić information content (AvgIpc) is 2.73. The Morgan fingerprint density at radius 2 is 2.35 bits per heavy atom. The van der Waals surface area contributed by atoms with Crippen LogP contribution in [-0.4, -0.2) is 39.2 Å². The molecule has 1 aliphatic rings. The van der Waals surface area contributed by atoms with Crippen molar-refractivity contribution in [3.8, 4) is 0 Å². The van der Waals surface area contributed by atoms with Gasteiger partial charge in [0.15, 0.2) is 0 Å². The third-order valence-corrected chi connectivity index (χ3v) is 4.07. The lowest BCUT2D eigenvalue weighted by Crippen LogP contribution is -2.42. The fourth-order valence-electron chi connectivity index (χ4n) is 1.70. The van der Waals surface area contributed by atoms with Crippen LogP contribution in [0.25, 0.3) is 6.08 Å². The standard InChI is InChI=1S/C13H12N2O3S2/c1-8(12(17)18-2)15-11(16)10(20-13(15)19)6-9-4-3-5-14-7-9/h3-8H,1-2H3/b10-6-/t8-/m0/s1. The van der Waals surface area contributed by atoms with Crippen molar-refractivity contribution in [1.29, 1.82) is 0 Å². The molecule has 1 aromatic rings. The fourth-order valence-corrected chi connectivity index (χ4v) is 3.12. The first kappa shape index (κ1) is 14.7. The number of carbonyl (C=O) groups is 2. The average molecular weight is 308 g/mol. The van der Waals surface area contributed by atoms with Gasteiger partial charge in [0.25, 0.3) is 5.91 Å². The number of hydrogen-bond acceptors (Lipinski definition) is 6. The molecule has 2 heterocycles. The van der Waals surface area contributed by atoms with Crippen molar-refractivity contribution in [3.63, 3.8) is 0 Å². The summed E-state index contributed by atoms with van der Waals surface area (Å²) in [6.45, 7) is 1.59. The van der Waals surface area contributed by atoms with E-state index in [4.69, 9.17) is 12.2 Å². The van der Waals surface area contributed by atoms with Gasteiger partial charge in [-0.15, -0.1) is 0 Å². The first-order chi connectivity index (χ1) is 9.54. The van der Waals surface area contributed by atoms with E-state index >= 15 is 0 Å². The first-order valence-corrected chi connectivity index (χ1v) is 7.02. The van der Waals surface area contributed by atoms with Gasteiger partial charge in [-0.1, -0.05) is 30.0 Å². The largest absolute Gasteiger partial charge is 0.467 e. The zero-order valence-corrected chi connectivity index (χ0v) is 12.5. The van der Waals surface area contributed by atoms with Crippen molar-refractivity contribution in [2.75, 3.05) is 7.11 Å². The summed E-state index contributed by atoms with van der Waals surface area (Å²) in [6, 6.07) is 2.89. The summed E-state index contributed by atoms with van der Waals surface area (Å²) in [5.74, 6) is -0.786. The monoisotopic (exact) mass is 308 g/mol. The van der Waals surface area contributed by atoms with Crippen molar-refractivity contribution in [2.45, 2.75) is 13.0 Å². The number of aromatic nitrogens is 1. The summed E-state index contributed by atoms with van der Waals surface area (Å²) in [7, 11) is 1.28. The molecule has 1 aromatic heterocycles. The van der Waals surface area contributed by atoms with Crippen molar-refractivity contribution in [1.82, 2.24) is 9.88 Å². The highest BCUT2D eigenvalue weighted by atomic mass is 32.2. The molecule has 7 heteroatoms. The van der Waals surface area contributed by atoms with Gasteiger partial charge in [-0.3, -0.25) is 14.7 Å². The molecule has 0 radical (unpaired) electrons. The van der Waals surface area contributed by atoms with Gasteiger partial charge in [0.05, 0.1) is 12.0 Å². The smallest absolute Gasteiger partial charge is 0.328 e. The van der Waals surface area contributed by atoms with Crippen molar-refractivity contribution in [2.24, 2.45) is 0 Å². The Morgan fingerprint density at radius 1 is 1.60 bits per heavy atom. The fraction of sp³-hybridized carbons (Fsp3) is 0.231. The molecule has 0 aromatic carbocycles. The molecule has 104 valence electrons. The maximum atomic E-state index is 12.3. The van der Waals surface area contributed by atoms with Gasteiger partial charge in [-0.2, -0.15) is 0 Å². The highest BCUT2D eigenvalue weighted by molar-refractivity contribution is 8.26. The van der Waals surface area contributed by atoms with E-state index < -0.39 is 12.0 Å². The van der Waals surface area contributed by atoms with E-state index in [1.54, 1.807) is 31.5 Å². The topological polar surface area (TPSA) is 59.5 Å². The van der Waals surface area contributed by atoms with Crippen LogP contribution < -0.4 is 0 Å². The maximum absolute atomic E-state index is 12.3. The van der Waals surface area contributed by atoms with E-state index in [-0.39, 0.29) is 5.91 Å². The Hall–Kier alpha value is -1.73. The zero-order chi connectivity index (χ0) is 14.7. The molecule has 1 atom stereocenters. The van der Waals surface area contributed by atoms with Gasteiger partial charge in [0.1, 0.15) is 10.4 Å². The molecular weight excluding hydrogens is 296 g/mol. The highest BCUT2D eigenvalue weighted by Crippen LogP contribution is 2.33. The number of pyridine rings is 1. The number of nitrogens with zero attached hydrogens (tertiary/aromatic N) is 2. The predicted molar refractivity (Wildman–Crippen MR) is 80.7 cm³/mol. The minimum atomic E-state index is -0.729. The number of esters is 1. The minimum Gasteiger partial charge on any atom is -0.467 e. The van der Waals surface area contributed by atoms with Crippen LogP contribution >= 0.6 is 24.0 Å². The maximum Gasteiger partial charge on any atom is 0.328 e. The van der Waals surface area contributed by atoms with Crippen LogP contribution in [0.3, 0.4) is 0 Å². The third kappa shape index (κ3) is 2.88. The summed E-state index contributed by atoms with van der Waals surface area (Å²) in [4.78, 5) is 29.6. The molecule has 0 unspecified atom stereocenters. The van der Waals surface area contributed by atoms with Crippen LogP contribution in [0.2, 0.25) is 0 Å². The second-order valence-corrected chi connectivity index (χ2v) is 5.71.